The summed E-state index contributed by atoms with van der Waals surface area (Å²) in [5.74, 6) is 1.36. The second-order valence-corrected chi connectivity index (χ2v) is 5.42. The molecular weight excluding hydrogens is 260 g/mol. The van der Waals surface area contributed by atoms with Gasteiger partial charge in [0, 0.05) is 36.6 Å². The SMILES string of the molecule is Cc1c(Cn2ccnc2[C@@H](C)c2ccccc2)cnn1C. The molecule has 0 fully saturated rings. The third kappa shape index (κ3) is 2.61. The minimum Gasteiger partial charge on any atom is -0.330 e. The summed E-state index contributed by atoms with van der Waals surface area (Å²) in [6, 6.07) is 10.5. The Hall–Kier alpha value is -2.36. The number of nitrogens with zero attached hydrogens (tertiary/aromatic N) is 4. The van der Waals surface area contributed by atoms with Gasteiger partial charge in [0.1, 0.15) is 5.82 Å². The molecule has 0 aliphatic carbocycles. The minimum atomic E-state index is 0.276. The quantitative estimate of drug-likeness (QED) is 0.736. The number of hydrogen-bond donors (Lipinski definition) is 0. The van der Waals surface area contributed by atoms with E-state index >= 15 is 0 Å². The number of hydrogen-bond acceptors (Lipinski definition) is 2. The van der Waals surface area contributed by atoms with Crippen LogP contribution in [0.15, 0.2) is 48.9 Å². The van der Waals surface area contributed by atoms with Gasteiger partial charge in [-0.15, -0.1) is 0 Å². The third-order valence-electron chi connectivity index (χ3n) is 4.11. The summed E-state index contributed by atoms with van der Waals surface area (Å²) in [4.78, 5) is 4.56. The van der Waals surface area contributed by atoms with Crippen molar-refractivity contribution in [3.63, 3.8) is 0 Å². The highest BCUT2D eigenvalue weighted by Gasteiger charge is 2.15. The van der Waals surface area contributed by atoms with Crippen LogP contribution in [0.2, 0.25) is 0 Å². The third-order valence-corrected chi connectivity index (χ3v) is 4.11. The van der Waals surface area contributed by atoms with Crippen molar-refractivity contribution in [1.82, 2.24) is 19.3 Å². The van der Waals surface area contributed by atoms with Crippen LogP contribution in [0.4, 0.5) is 0 Å². The molecule has 0 unspecified atom stereocenters. The van der Waals surface area contributed by atoms with Gasteiger partial charge in [0.15, 0.2) is 0 Å². The maximum Gasteiger partial charge on any atom is 0.116 e. The van der Waals surface area contributed by atoms with Gasteiger partial charge < -0.3 is 4.57 Å². The van der Waals surface area contributed by atoms with E-state index in [0.29, 0.717) is 0 Å². The fourth-order valence-electron chi connectivity index (χ4n) is 2.61. The van der Waals surface area contributed by atoms with Crippen molar-refractivity contribution in [1.29, 1.82) is 0 Å². The average molecular weight is 280 g/mol. The lowest BCUT2D eigenvalue weighted by Crippen LogP contribution is -2.09. The van der Waals surface area contributed by atoms with Crippen LogP contribution in [0.3, 0.4) is 0 Å². The van der Waals surface area contributed by atoms with Crippen molar-refractivity contribution < 1.29 is 0 Å². The normalized spacial score (nSPS) is 12.5. The Morgan fingerprint density at radius 2 is 1.95 bits per heavy atom. The fourth-order valence-corrected chi connectivity index (χ4v) is 2.61. The van der Waals surface area contributed by atoms with Crippen molar-refractivity contribution in [3.05, 3.63) is 71.6 Å². The van der Waals surface area contributed by atoms with Gasteiger partial charge >= 0.3 is 0 Å². The lowest BCUT2D eigenvalue weighted by Gasteiger charge is -2.14. The van der Waals surface area contributed by atoms with Crippen molar-refractivity contribution in [3.8, 4) is 0 Å². The van der Waals surface area contributed by atoms with Crippen molar-refractivity contribution in [2.45, 2.75) is 26.3 Å². The smallest absolute Gasteiger partial charge is 0.116 e. The van der Waals surface area contributed by atoms with Crippen LogP contribution >= 0.6 is 0 Å². The monoisotopic (exact) mass is 280 g/mol. The first-order chi connectivity index (χ1) is 10.2. The zero-order valence-corrected chi connectivity index (χ0v) is 12.7. The predicted octanol–water partition coefficient (Wildman–Crippen LogP) is 3.13. The van der Waals surface area contributed by atoms with Gasteiger partial charge in [-0.05, 0) is 12.5 Å². The summed E-state index contributed by atoms with van der Waals surface area (Å²) in [6.45, 7) is 5.11. The van der Waals surface area contributed by atoms with Gasteiger partial charge in [-0.3, -0.25) is 4.68 Å². The van der Waals surface area contributed by atoms with Gasteiger partial charge in [0.25, 0.3) is 0 Å². The second-order valence-electron chi connectivity index (χ2n) is 5.42. The Bertz CT molecular complexity index is 724. The molecule has 0 aliphatic rings. The van der Waals surface area contributed by atoms with Crippen LogP contribution in [0.1, 0.15) is 35.5 Å². The van der Waals surface area contributed by atoms with Crippen LogP contribution in [0.5, 0.6) is 0 Å². The first-order valence-electron chi connectivity index (χ1n) is 7.20. The van der Waals surface area contributed by atoms with E-state index in [1.807, 2.05) is 36.4 Å². The van der Waals surface area contributed by atoms with Crippen LogP contribution in [0.25, 0.3) is 0 Å². The van der Waals surface area contributed by atoms with E-state index in [2.05, 4.69) is 52.8 Å². The maximum atomic E-state index is 4.56. The predicted molar refractivity (Wildman–Crippen MR) is 83.2 cm³/mol. The van der Waals surface area contributed by atoms with E-state index in [1.165, 1.54) is 16.8 Å². The molecule has 0 amide bonds. The molecule has 0 spiro atoms. The van der Waals surface area contributed by atoms with Gasteiger partial charge in [-0.2, -0.15) is 5.10 Å². The summed E-state index contributed by atoms with van der Waals surface area (Å²) < 4.78 is 4.12. The number of aryl methyl sites for hydroxylation is 1. The average Bonchev–Trinajstić information content (AvgIpc) is 3.10. The summed E-state index contributed by atoms with van der Waals surface area (Å²) in [6.07, 6.45) is 5.86. The van der Waals surface area contributed by atoms with Crippen molar-refractivity contribution in [2.75, 3.05) is 0 Å². The van der Waals surface area contributed by atoms with Crippen LogP contribution < -0.4 is 0 Å². The van der Waals surface area contributed by atoms with Gasteiger partial charge in [0.2, 0.25) is 0 Å². The highest BCUT2D eigenvalue weighted by atomic mass is 15.3. The van der Waals surface area contributed by atoms with E-state index < -0.39 is 0 Å². The molecule has 3 rings (SSSR count). The molecule has 0 saturated carbocycles. The molecule has 21 heavy (non-hydrogen) atoms. The van der Waals surface area contributed by atoms with Crippen LogP contribution in [0, 0.1) is 6.92 Å². The molecule has 0 radical (unpaired) electrons. The van der Waals surface area contributed by atoms with E-state index in [4.69, 9.17) is 0 Å². The van der Waals surface area contributed by atoms with E-state index in [9.17, 15) is 0 Å². The number of imidazole rings is 1. The van der Waals surface area contributed by atoms with Gasteiger partial charge in [0.05, 0.1) is 12.7 Å². The van der Waals surface area contributed by atoms with Crippen molar-refractivity contribution in [2.24, 2.45) is 7.05 Å². The molecule has 4 nitrogen and oxygen atoms in total. The zero-order chi connectivity index (χ0) is 14.8. The lowest BCUT2D eigenvalue weighted by molar-refractivity contribution is 0.683. The first-order valence-corrected chi connectivity index (χ1v) is 7.20. The van der Waals surface area contributed by atoms with Crippen molar-refractivity contribution >= 4 is 0 Å². The molecular formula is C17H20N4. The Labute approximate surface area is 125 Å². The summed E-state index contributed by atoms with van der Waals surface area (Å²) in [7, 11) is 1.97. The largest absolute Gasteiger partial charge is 0.330 e. The number of rotatable bonds is 4. The summed E-state index contributed by atoms with van der Waals surface area (Å²) in [5, 5.41) is 4.31. The van der Waals surface area contributed by atoms with E-state index in [1.54, 1.807) is 0 Å². The van der Waals surface area contributed by atoms with Crippen LogP contribution in [-0.4, -0.2) is 19.3 Å². The lowest BCUT2D eigenvalue weighted by atomic mass is 10.0. The summed E-state index contributed by atoms with van der Waals surface area (Å²) >= 11 is 0. The Kier molecular flexibility index (Phi) is 3.60. The molecule has 2 aromatic heterocycles. The Morgan fingerprint density at radius 3 is 2.62 bits per heavy atom. The Balaban J connectivity index is 1.89. The minimum absolute atomic E-state index is 0.276. The fraction of sp³-hybridized carbons (Fsp3) is 0.294. The Morgan fingerprint density at radius 1 is 1.19 bits per heavy atom. The topological polar surface area (TPSA) is 35.6 Å². The molecule has 0 N–H and O–H groups in total. The molecule has 2 heterocycles. The second kappa shape index (κ2) is 5.56. The molecule has 0 saturated heterocycles. The van der Waals surface area contributed by atoms with E-state index in [-0.39, 0.29) is 5.92 Å². The molecule has 1 aromatic carbocycles. The van der Waals surface area contributed by atoms with Gasteiger partial charge in [-0.1, -0.05) is 37.3 Å². The highest BCUT2D eigenvalue weighted by molar-refractivity contribution is 5.26. The van der Waals surface area contributed by atoms with Gasteiger partial charge in [-0.25, -0.2) is 4.98 Å². The number of benzene rings is 1. The molecule has 0 bridgehead atoms. The van der Waals surface area contributed by atoms with Crippen LogP contribution in [-0.2, 0) is 13.6 Å². The molecule has 108 valence electrons. The molecule has 1 atom stereocenters. The first kappa shape index (κ1) is 13.6. The molecule has 4 heteroatoms. The summed E-state index contributed by atoms with van der Waals surface area (Å²) in [5.41, 5.74) is 3.71. The highest BCUT2D eigenvalue weighted by Crippen LogP contribution is 2.23. The standard InChI is InChI=1S/C17H20N4/c1-13(15-7-5-4-6-8-15)17-18-9-10-21(17)12-16-11-19-20(3)14(16)2/h4-11,13H,12H2,1-3H3/t13-/m0/s1. The zero-order valence-electron chi connectivity index (χ0n) is 12.7. The molecule has 0 aliphatic heterocycles. The number of aromatic nitrogens is 4. The molecule has 3 aromatic rings. The van der Waals surface area contributed by atoms with E-state index in [0.717, 1.165) is 12.4 Å². The maximum absolute atomic E-state index is 4.56.